The largest absolute Gasteiger partial charge is 0.431 e. The average Bonchev–Trinajstić information content (AvgIpc) is 3.19. The van der Waals surface area contributed by atoms with Gasteiger partial charge in [-0.2, -0.15) is 0 Å². The molecule has 4 aliphatic carbocycles. The van der Waals surface area contributed by atoms with Crippen molar-refractivity contribution in [3.05, 3.63) is 46.0 Å². The highest BCUT2D eigenvalue weighted by Crippen LogP contribution is 2.69. The molecule has 0 amide bonds. The van der Waals surface area contributed by atoms with Crippen molar-refractivity contribution in [3.63, 3.8) is 0 Å². The fraction of sp³-hybridized carbons (Fsp3) is 0.750. The normalized spacial score (nSPS) is 40.8. The first kappa shape index (κ1) is 26.3. The Kier molecular flexibility index (Phi) is 6.87. The van der Waals surface area contributed by atoms with Gasteiger partial charge in [-0.25, -0.2) is 4.79 Å². The van der Waals surface area contributed by atoms with Crippen LogP contribution in [0.1, 0.15) is 96.5 Å². The summed E-state index contributed by atoms with van der Waals surface area (Å²) in [6.45, 7) is 11.1. The minimum Gasteiger partial charge on any atom is -0.431 e. The van der Waals surface area contributed by atoms with E-state index in [1.807, 2.05) is 6.07 Å². The van der Waals surface area contributed by atoms with Crippen molar-refractivity contribution in [1.29, 1.82) is 0 Å². The van der Waals surface area contributed by atoms with Crippen LogP contribution in [0.4, 0.5) is 0 Å². The van der Waals surface area contributed by atoms with Gasteiger partial charge in [0.25, 0.3) is 0 Å². The van der Waals surface area contributed by atoms with Gasteiger partial charge in [0, 0.05) is 18.0 Å². The molecule has 4 fully saturated rings. The predicted molar refractivity (Wildman–Crippen MR) is 149 cm³/mol. The SMILES string of the molecule is CC1CCN(CCON=C2C=C3CC[C@@H]4[C@H](CC[C@]5(C)[C@@H](c6ccc(=O)oc6)CC[C@]45O)[C@@]3(C)CC2)CC1. The number of hydrogen-bond donors (Lipinski definition) is 1. The van der Waals surface area contributed by atoms with Crippen LogP contribution in [0, 0.1) is 28.6 Å². The molecule has 0 spiro atoms. The standard InChI is InChI=1S/C32H46N2O4/c1-22-11-16-34(17-12-22)18-19-38-33-25-8-13-30(2)24(20-25)5-6-28-27(30)9-14-31(3)26(10-15-32(28,31)36)23-4-7-29(35)37-21-23/h4,7,20-22,26-28,36H,5-6,8-19H2,1-3H3/t26-,27+,28-,30+,31-,32+/m1/s1. The Labute approximate surface area is 227 Å². The van der Waals surface area contributed by atoms with E-state index in [-0.39, 0.29) is 22.4 Å². The van der Waals surface area contributed by atoms with Crippen molar-refractivity contribution in [1.82, 2.24) is 4.90 Å². The molecule has 0 aromatic carbocycles. The second kappa shape index (κ2) is 9.92. The van der Waals surface area contributed by atoms with Gasteiger partial charge in [-0.05, 0) is 124 Å². The van der Waals surface area contributed by atoms with Crippen LogP contribution in [0.15, 0.2) is 44.4 Å². The van der Waals surface area contributed by atoms with Gasteiger partial charge < -0.3 is 14.4 Å². The van der Waals surface area contributed by atoms with Gasteiger partial charge in [-0.1, -0.05) is 31.5 Å². The van der Waals surface area contributed by atoms with Crippen LogP contribution in [0.3, 0.4) is 0 Å². The molecule has 1 aliphatic heterocycles. The van der Waals surface area contributed by atoms with Gasteiger partial charge in [0.2, 0.25) is 0 Å². The number of oxime groups is 1. The van der Waals surface area contributed by atoms with Crippen LogP contribution >= 0.6 is 0 Å². The van der Waals surface area contributed by atoms with Gasteiger partial charge >= 0.3 is 5.63 Å². The first-order valence-corrected chi connectivity index (χ1v) is 15.2. The Morgan fingerprint density at radius 2 is 1.87 bits per heavy atom. The summed E-state index contributed by atoms with van der Waals surface area (Å²) in [6.07, 6.45) is 14.6. The third-order valence-electron chi connectivity index (χ3n) is 11.8. The van der Waals surface area contributed by atoms with E-state index in [1.165, 1.54) is 37.6 Å². The number of piperidine rings is 1. The zero-order valence-electron chi connectivity index (χ0n) is 23.6. The maximum Gasteiger partial charge on any atom is 0.335 e. The molecule has 38 heavy (non-hydrogen) atoms. The molecular weight excluding hydrogens is 476 g/mol. The summed E-state index contributed by atoms with van der Waals surface area (Å²) < 4.78 is 5.23. The molecule has 0 radical (unpaired) electrons. The Hall–Kier alpha value is -1.92. The fourth-order valence-electron chi connectivity index (χ4n) is 9.30. The summed E-state index contributed by atoms with van der Waals surface area (Å²) in [6, 6.07) is 3.44. The summed E-state index contributed by atoms with van der Waals surface area (Å²) in [5, 5.41) is 17.0. The van der Waals surface area contributed by atoms with Crippen molar-refractivity contribution in [3.8, 4) is 0 Å². The van der Waals surface area contributed by atoms with Crippen LogP contribution in [0.5, 0.6) is 0 Å². The van der Waals surface area contributed by atoms with Crippen LogP contribution in [0.25, 0.3) is 0 Å². The van der Waals surface area contributed by atoms with E-state index in [1.54, 1.807) is 6.26 Å². The molecule has 6 heteroatoms. The van der Waals surface area contributed by atoms with Crippen molar-refractivity contribution >= 4 is 5.71 Å². The number of hydrogen-bond acceptors (Lipinski definition) is 6. The molecule has 0 bridgehead atoms. The monoisotopic (exact) mass is 522 g/mol. The van der Waals surface area contributed by atoms with Gasteiger partial charge in [0.05, 0.1) is 17.6 Å². The number of allylic oxidation sites excluding steroid dienone is 2. The molecule has 6 atom stereocenters. The summed E-state index contributed by atoms with van der Waals surface area (Å²) >= 11 is 0. The number of nitrogens with zero attached hydrogens (tertiary/aromatic N) is 2. The smallest absolute Gasteiger partial charge is 0.335 e. The van der Waals surface area contributed by atoms with Crippen LogP contribution in [-0.4, -0.2) is 47.6 Å². The lowest BCUT2D eigenvalue weighted by Gasteiger charge is -2.61. The second-order valence-corrected chi connectivity index (χ2v) is 13.6. The lowest BCUT2D eigenvalue weighted by molar-refractivity contribution is -0.176. The maximum absolute atomic E-state index is 12.4. The quantitative estimate of drug-likeness (QED) is 0.385. The fourth-order valence-corrected chi connectivity index (χ4v) is 9.30. The third kappa shape index (κ3) is 4.30. The minimum absolute atomic E-state index is 0.126. The van der Waals surface area contributed by atoms with Crippen molar-refractivity contribution in [2.24, 2.45) is 33.7 Å². The van der Waals surface area contributed by atoms with E-state index in [9.17, 15) is 9.90 Å². The van der Waals surface area contributed by atoms with E-state index in [0.29, 0.717) is 18.4 Å². The van der Waals surface area contributed by atoms with Crippen LogP contribution in [-0.2, 0) is 4.84 Å². The number of rotatable bonds is 5. The first-order chi connectivity index (χ1) is 18.2. The van der Waals surface area contributed by atoms with Crippen LogP contribution < -0.4 is 5.63 Å². The van der Waals surface area contributed by atoms with Gasteiger partial charge in [0.1, 0.15) is 6.61 Å². The zero-order valence-corrected chi connectivity index (χ0v) is 23.6. The minimum atomic E-state index is -0.672. The molecule has 0 unspecified atom stereocenters. The Morgan fingerprint density at radius 1 is 1.05 bits per heavy atom. The molecule has 1 aromatic heterocycles. The Bertz CT molecular complexity index is 1130. The molecule has 208 valence electrons. The lowest BCUT2D eigenvalue weighted by atomic mass is 9.45. The lowest BCUT2D eigenvalue weighted by Crippen LogP contribution is -2.60. The second-order valence-electron chi connectivity index (χ2n) is 13.6. The topological polar surface area (TPSA) is 75.3 Å². The van der Waals surface area contributed by atoms with E-state index < -0.39 is 5.60 Å². The molecule has 1 saturated heterocycles. The third-order valence-corrected chi connectivity index (χ3v) is 11.8. The molecule has 1 aromatic rings. The number of fused-ring (bicyclic) bond motifs is 5. The molecule has 1 N–H and O–H groups in total. The van der Waals surface area contributed by atoms with Gasteiger partial charge in [-0.15, -0.1) is 0 Å². The van der Waals surface area contributed by atoms with Gasteiger partial charge in [0.15, 0.2) is 0 Å². The first-order valence-electron chi connectivity index (χ1n) is 15.2. The van der Waals surface area contributed by atoms with Crippen molar-refractivity contribution in [2.75, 3.05) is 26.2 Å². The molecule has 6 rings (SSSR count). The average molecular weight is 523 g/mol. The zero-order chi connectivity index (χ0) is 26.5. The van der Waals surface area contributed by atoms with Crippen molar-refractivity contribution in [2.45, 2.75) is 96.5 Å². The van der Waals surface area contributed by atoms with Crippen molar-refractivity contribution < 1.29 is 14.4 Å². The van der Waals surface area contributed by atoms with E-state index in [4.69, 9.17) is 9.25 Å². The highest BCUT2D eigenvalue weighted by molar-refractivity contribution is 5.96. The maximum atomic E-state index is 12.4. The summed E-state index contributed by atoms with van der Waals surface area (Å²) in [7, 11) is 0. The van der Waals surface area contributed by atoms with E-state index in [0.717, 1.165) is 75.1 Å². The molecule has 2 heterocycles. The molecule has 3 saturated carbocycles. The highest BCUT2D eigenvalue weighted by atomic mass is 16.6. The highest BCUT2D eigenvalue weighted by Gasteiger charge is 2.66. The van der Waals surface area contributed by atoms with E-state index in [2.05, 4.69) is 36.9 Å². The number of likely N-dealkylation sites (tertiary alicyclic amines) is 1. The van der Waals surface area contributed by atoms with Crippen LogP contribution in [0.2, 0.25) is 0 Å². The molecule has 6 nitrogen and oxygen atoms in total. The summed E-state index contributed by atoms with van der Waals surface area (Å²) in [5.41, 5.74) is 2.64. The Morgan fingerprint density at radius 3 is 2.63 bits per heavy atom. The van der Waals surface area contributed by atoms with E-state index >= 15 is 0 Å². The number of aliphatic hydroxyl groups is 1. The Balaban J connectivity index is 1.14. The summed E-state index contributed by atoms with van der Waals surface area (Å²) in [5.74, 6) is 1.90. The molecular formula is C32H46N2O4. The predicted octanol–water partition coefficient (Wildman–Crippen LogP) is 5.91. The molecule has 5 aliphatic rings. The van der Waals surface area contributed by atoms with Gasteiger partial charge in [-0.3, -0.25) is 4.90 Å². The summed E-state index contributed by atoms with van der Waals surface area (Å²) in [4.78, 5) is 19.9.